The smallest absolute Gasteiger partial charge is 0.239 e. The molecule has 7 heteroatoms. The number of hydrogen-bond donors (Lipinski definition) is 2. The summed E-state index contributed by atoms with van der Waals surface area (Å²) in [6.45, 7) is 1.50. The molecule has 7 nitrogen and oxygen atoms in total. The van der Waals surface area contributed by atoms with Gasteiger partial charge in [-0.3, -0.25) is 4.79 Å². The Kier molecular flexibility index (Phi) is 4.38. The van der Waals surface area contributed by atoms with E-state index in [0.29, 0.717) is 17.1 Å². The molecule has 0 atom stereocenters. The van der Waals surface area contributed by atoms with Crippen LogP contribution in [0.2, 0.25) is 0 Å². The number of phenols is 2. The summed E-state index contributed by atoms with van der Waals surface area (Å²) in [5.41, 5.74) is 0.198. The number of hydrogen-bond acceptors (Lipinski definition) is 7. The number of methoxy groups -OCH3 is 3. The quantitative estimate of drug-likeness (QED) is 0.739. The van der Waals surface area contributed by atoms with E-state index in [4.69, 9.17) is 18.6 Å². The lowest BCUT2D eigenvalue weighted by Gasteiger charge is -2.13. The Morgan fingerprint density at radius 1 is 0.962 bits per heavy atom. The molecule has 0 aliphatic rings. The molecule has 26 heavy (non-hydrogen) atoms. The van der Waals surface area contributed by atoms with Gasteiger partial charge < -0.3 is 28.8 Å². The van der Waals surface area contributed by atoms with E-state index in [1.165, 1.54) is 34.3 Å². The Labute approximate surface area is 149 Å². The molecule has 0 aliphatic carbocycles. The van der Waals surface area contributed by atoms with Crippen LogP contribution in [0.3, 0.4) is 0 Å². The van der Waals surface area contributed by atoms with Gasteiger partial charge in [0.15, 0.2) is 17.3 Å². The third-order valence-corrected chi connectivity index (χ3v) is 4.19. The molecule has 3 aromatic rings. The van der Waals surface area contributed by atoms with Crippen LogP contribution in [0.1, 0.15) is 5.56 Å². The molecule has 136 valence electrons. The van der Waals surface area contributed by atoms with Crippen molar-refractivity contribution in [2.45, 2.75) is 6.92 Å². The first kappa shape index (κ1) is 17.5. The summed E-state index contributed by atoms with van der Waals surface area (Å²) in [5.74, 6) is 0.528. The van der Waals surface area contributed by atoms with Crippen molar-refractivity contribution in [3.05, 3.63) is 40.1 Å². The predicted molar refractivity (Wildman–Crippen MR) is 95.6 cm³/mol. The third kappa shape index (κ3) is 2.57. The first-order chi connectivity index (χ1) is 12.4. The maximum atomic E-state index is 12.8. The topological polar surface area (TPSA) is 98.4 Å². The Bertz CT molecular complexity index is 1050. The zero-order chi connectivity index (χ0) is 19.0. The van der Waals surface area contributed by atoms with Crippen molar-refractivity contribution in [1.29, 1.82) is 0 Å². The van der Waals surface area contributed by atoms with Crippen molar-refractivity contribution in [3.63, 3.8) is 0 Å². The molecule has 0 spiro atoms. The maximum Gasteiger partial charge on any atom is 0.239 e. The second-order valence-electron chi connectivity index (χ2n) is 5.61. The lowest BCUT2D eigenvalue weighted by molar-refractivity contribution is 0.355. The van der Waals surface area contributed by atoms with E-state index >= 15 is 0 Å². The summed E-state index contributed by atoms with van der Waals surface area (Å²) >= 11 is 0. The molecule has 0 unspecified atom stereocenters. The highest BCUT2D eigenvalue weighted by atomic mass is 16.5. The SMILES string of the molecule is COc1ccc(-c2oc3cc(O)c(C)c(O)c3c(=O)c2OC)cc1OC. The third-order valence-electron chi connectivity index (χ3n) is 4.19. The van der Waals surface area contributed by atoms with Gasteiger partial charge in [-0.05, 0) is 25.1 Å². The number of fused-ring (bicyclic) bond motifs is 1. The van der Waals surface area contributed by atoms with Crippen LogP contribution in [0.25, 0.3) is 22.3 Å². The fraction of sp³-hybridized carbons (Fsp3) is 0.211. The fourth-order valence-electron chi connectivity index (χ4n) is 2.76. The van der Waals surface area contributed by atoms with Crippen LogP contribution < -0.4 is 19.6 Å². The molecule has 2 aromatic carbocycles. The summed E-state index contributed by atoms with van der Waals surface area (Å²) in [6.07, 6.45) is 0. The van der Waals surface area contributed by atoms with Gasteiger partial charge in [-0.1, -0.05) is 0 Å². The Morgan fingerprint density at radius 3 is 2.27 bits per heavy atom. The van der Waals surface area contributed by atoms with Gasteiger partial charge in [-0.25, -0.2) is 0 Å². The standard InChI is InChI=1S/C19H18O7/c1-9-11(20)8-14-15(16(9)21)17(22)19(25-4)18(26-14)10-5-6-12(23-2)13(7-10)24-3/h5-8,20-21H,1-4H3. The zero-order valence-electron chi connectivity index (χ0n) is 14.7. The average molecular weight is 358 g/mol. The lowest BCUT2D eigenvalue weighted by atomic mass is 10.1. The van der Waals surface area contributed by atoms with Crippen molar-refractivity contribution in [3.8, 4) is 40.1 Å². The van der Waals surface area contributed by atoms with Gasteiger partial charge in [0.2, 0.25) is 11.2 Å². The van der Waals surface area contributed by atoms with Gasteiger partial charge in [0.1, 0.15) is 22.5 Å². The molecule has 1 heterocycles. The largest absolute Gasteiger partial charge is 0.507 e. The molecule has 0 bridgehead atoms. The number of ether oxygens (including phenoxy) is 3. The molecule has 2 N–H and O–H groups in total. The number of rotatable bonds is 4. The molecule has 0 saturated carbocycles. The molecular weight excluding hydrogens is 340 g/mol. The lowest BCUT2D eigenvalue weighted by Crippen LogP contribution is -2.08. The molecule has 3 rings (SSSR count). The van der Waals surface area contributed by atoms with Gasteiger partial charge in [0.05, 0.1) is 21.3 Å². The molecule has 0 saturated heterocycles. The van der Waals surface area contributed by atoms with Gasteiger partial charge in [0, 0.05) is 17.2 Å². The summed E-state index contributed by atoms with van der Waals surface area (Å²) in [6, 6.07) is 6.28. The highest BCUT2D eigenvalue weighted by Crippen LogP contribution is 2.40. The van der Waals surface area contributed by atoms with E-state index < -0.39 is 5.43 Å². The molecule has 0 amide bonds. The van der Waals surface area contributed by atoms with Crippen LogP contribution in [0.15, 0.2) is 33.5 Å². The van der Waals surface area contributed by atoms with E-state index in [-0.39, 0.29) is 39.5 Å². The second-order valence-corrected chi connectivity index (χ2v) is 5.61. The molecule has 1 aromatic heterocycles. The van der Waals surface area contributed by atoms with Gasteiger partial charge in [-0.15, -0.1) is 0 Å². The maximum absolute atomic E-state index is 12.8. The summed E-state index contributed by atoms with van der Waals surface area (Å²) in [4.78, 5) is 12.8. The van der Waals surface area contributed by atoms with Crippen LogP contribution in [-0.2, 0) is 0 Å². The van der Waals surface area contributed by atoms with Crippen LogP contribution in [0, 0.1) is 6.92 Å². The van der Waals surface area contributed by atoms with Gasteiger partial charge in [0.25, 0.3) is 0 Å². The van der Waals surface area contributed by atoms with Crippen LogP contribution in [-0.4, -0.2) is 31.5 Å². The van der Waals surface area contributed by atoms with Crippen LogP contribution in [0.5, 0.6) is 28.7 Å². The number of phenolic OH excluding ortho intramolecular Hbond substituents is 2. The first-order valence-corrected chi connectivity index (χ1v) is 7.71. The van der Waals surface area contributed by atoms with E-state index in [1.54, 1.807) is 18.2 Å². The normalized spacial score (nSPS) is 10.8. The molecule has 0 fully saturated rings. The van der Waals surface area contributed by atoms with Crippen LogP contribution in [0.4, 0.5) is 0 Å². The van der Waals surface area contributed by atoms with Crippen molar-refractivity contribution in [2.24, 2.45) is 0 Å². The minimum absolute atomic E-state index is 0.0428. The summed E-state index contributed by atoms with van der Waals surface area (Å²) in [7, 11) is 4.35. The van der Waals surface area contributed by atoms with E-state index in [9.17, 15) is 15.0 Å². The molecule has 0 radical (unpaired) electrons. The fourth-order valence-corrected chi connectivity index (χ4v) is 2.76. The number of benzene rings is 2. The van der Waals surface area contributed by atoms with Crippen molar-refractivity contribution in [1.82, 2.24) is 0 Å². The van der Waals surface area contributed by atoms with Crippen molar-refractivity contribution < 1.29 is 28.8 Å². The summed E-state index contributed by atoms with van der Waals surface area (Å²) in [5, 5.41) is 20.1. The van der Waals surface area contributed by atoms with Crippen molar-refractivity contribution in [2.75, 3.05) is 21.3 Å². The Morgan fingerprint density at radius 2 is 1.65 bits per heavy atom. The Hall–Kier alpha value is -3.35. The van der Waals surface area contributed by atoms with Crippen molar-refractivity contribution >= 4 is 11.0 Å². The number of aromatic hydroxyl groups is 2. The first-order valence-electron chi connectivity index (χ1n) is 7.71. The zero-order valence-corrected chi connectivity index (χ0v) is 14.7. The van der Waals surface area contributed by atoms with E-state index in [2.05, 4.69) is 0 Å². The predicted octanol–water partition coefficient (Wildman–Crippen LogP) is 3.21. The average Bonchev–Trinajstić information content (AvgIpc) is 2.65. The molecule has 0 aliphatic heterocycles. The summed E-state index contributed by atoms with van der Waals surface area (Å²) < 4.78 is 21.5. The van der Waals surface area contributed by atoms with Gasteiger partial charge in [-0.2, -0.15) is 0 Å². The highest BCUT2D eigenvalue weighted by Gasteiger charge is 2.22. The monoisotopic (exact) mass is 358 g/mol. The second kappa shape index (κ2) is 6.51. The van der Waals surface area contributed by atoms with E-state index in [1.807, 2.05) is 0 Å². The Balaban J connectivity index is 2.37. The highest BCUT2D eigenvalue weighted by molar-refractivity contribution is 5.89. The minimum Gasteiger partial charge on any atom is -0.507 e. The van der Waals surface area contributed by atoms with Crippen LogP contribution >= 0.6 is 0 Å². The molecular formula is C19H18O7. The van der Waals surface area contributed by atoms with Gasteiger partial charge >= 0.3 is 0 Å². The minimum atomic E-state index is -0.542. The van der Waals surface area contributed by atoms with E-state index in [0.717, 1.165) is 0 Å².